The lowest BCUT2D eigenvalue weighted by Crippen LogP contribution is -2.09. The summed E-state index contributed by atoms with van der Waals surface area (Å²) < 4.78 is 0. The molecule has 0 radical (unpaired) electrons. The highest BCUT2D eigenvalue weighted by Gasteiger charge is 2.35. The van der Waals surface area contributed by atoms with Crippen molar-refractivity contribution in [1.29, 1.82) is 0 Å². The van der Waals surface area contributed by atoms with E-state index in [1.54, 1.807) is 0 Å². The van der Waals surface area contributed by atoms with Gasteiger partial charge in [-0.2, -0.15) is 0 Å². The molecule has 0 fully saturated rings. The van der Waals surface area contributed by atoms with Gasteiger partial charge in [0.1, 0.15) is 0 Å². The minimum Gasteiger partial charge on any atom is -0.143 e. The third-order valence-corrected chi connectivity index (χ3v) is 19.2. The first-order chi connectivity index (χ1) is 33.5. The summed E-state index contributed by atoms with van der Waals surface area (Å²) in [6.07, 6.45) is 8.97. The second-order valence-electron chi connectivity index (χ2n) is 23.6. The van der Waals surface area contributed by atoms with Crippen molar-refractivity contribution in [2.75, 3.05) is 25.0 Å². The van der Waals surface area contributed by atoms with Crippen LogP contribution in [0.15, 0.2) is 153 Å². The van der Waals surface area contributed by atoms with Gasteiger partial charge in [-0.1, -0.05) is 180 Å². The average Bonchev–Trinajstić information content (AvgIpc) is 3.98. The summed E-state index contributed by atoms with van der Waals surface area (Å²) in [7, 11) is 0. The minimum absolute atomic E-state index is 0.00205. The molecular formula is C66H72S5. The van der Waals surface area contributed by atoms with Gasteiger partial charge in [0.25, 0.3) is 0 Å². The normalized spacial score (nSPS) is 13.0. The molecule has 0 spiro atoms. The van der Waals surface area contributed by atoms with Crippen molar-refractivity contribution < 1.29 is 0 Å². The predicted molar refractivity (Wildman–Crippen MR) is 320 cm³/mol. The Balaban J connectivity index is 1.35. The van der Waals surface area contributed by atoms with Gasteiger partial charge < -0.3 is 0 Å². The van der Waals surface area contributed by atoms with Gasteiger partial charge >= 0.3 is 0 Å². The lowest BCUT2D eigenvalue weighted by atomic mass is 9.86. The van der Waals surface area contributed by atoms with E-state index in [2.05, 4.69) is 242 Å². The molecule has 0 unspecified atom stereocenters. The Hall–Kier alpha value is -4.10. The third kappa shape index (κ3) is 9.90. The fourth-order valence-corrected chi connectivity index (χ4v) is 14.5. The topological polar surface area (TPSA) is 0 Å². The highest BCUT2D eigenvalue weighted by atomic mass is 32.2. The first-order valence-electron chi connectivity index (χ1n) is 25.1. The quantitative estimate of drug-likeness (QED) is 0.125. The van der Waals surface area contributed by atoms with Gasteiger partial charge in [-0.15, -0.1) is 58.4 Å². The summed E-state index contributed by atoms with van der Waals surface area (Å²) in [5.41, 5.74) is 21.7. The zero-order valence-corrected chi connectivity index (χ0v) is 49.0. The number of fused-ring (bicyclic) bond motifs is 4. The zero-order chi connectivity index (χ0) is 50.9. The molecule has 71 heavy (non-hydrogen) atoms. The molecule has 0 bridgehead atoms. The number of thiophene rings is 1. The number of hydrogen-bond acceptors (Lipinski definition) is 5. The maximum absolute atomic E-state index is 2.53. The SMILES string of the molecule is CSc1cc(C(c2ccc(C(c3cc(SC)c4ccc(C(C)(C)C)ccc3-4)c3cc(SC)c4ccc(C(C)(C)C)ccc3-4)s2)c2cc(SC)c3ccc(C(C)(C)C)ccc2-3)c2ccc(C(C)(C)C)ccc1-2. The summed E-state index contributed by atoms with van der Waals surface area (Å²) in [6.45, 7) is 27.9. The Bertz CT molecular complexity index is 2830. The van der Waals surface area contributed by atoms with Gasteiger partial charge in [0.05, 0.1) is 0 Å². The molecule has 8 aliphatic carbocycles. The van der Waals surface area contributed by atoms with E-state index >= 15 is 0 Å². The van der Waals surface area contributed by atoms with Crippen molar-refractivity contribution in [3.8, 4) is 44.5 Å². The van der Waals surface area contributed by atoms with Crippen molar-refractivity contribution in [2.45, 2.75) is 136 Å². The Labute approximate surface area is 448 Å². The highest BCUT2D eigenvalue weighted by Crippen LogP contribution is 2.55. The van der Waals surface area contributed by atoms with Gasteiger partial charge in [-0.05, 0) is 172 Å². The van der Waals surface area contributed by atoms with Gasteiger partial charge in [0.2, 0.25) is 0 Å². The van der Waals surface area contributed by atoms with E-state index in [4.69, 9.17) is 0 Å². The first-order valence-corrected chi connectivity index (χ1v) is 30.8. The number of hydrogen-bond donors (Lipinski definition) is 0. The van der Waals surface area contributed by atoms with Gasteiger partial charge in [-0.25, -0.2) is 0 Å². The number of rotatable bonds is 10. The van der Waals surface area contributed by atoms with Crippen molar-refractivity contribution in [3.05, 3.63) is 188 Å². The summed E-state index contributed by atoms with van der Waals surface area (Å²) >= 11 is 9.49. The largest absolute Gasteiger partial charge is 0.143 e. The van der Waals surface area contributed by atoms with Crippen LogP contribution in [0.4, 0.5) is 0 Å². The van der Waals surface area contributed by atoms with Crippen LogP contribution in [-0.4, -0.2) is 25.0 Å². The highest BCUT2D eigenvalue weighted by molar-refractivity contribution is 7.99. The van der Waals surface area contributed by atoms with Crippen molar-refractivity contribution in [1.82, 2.24) is 0 Å². The van der Waals surface area contributed by atoms with Crippen LogP contribution >= 0.6 is 58.4 Å². The van der Waals surface area contributed by atoms with Crippen molar-refractivity contribution >= 4 is 58.4 Å². The molecule has 0 atom stereocenters. The Morgan fingerprint density at radius 3 is 0.662 bits per heavy atom. The molecule has 0 amide bonds. The van der Waals surface area contributed by atoms with E-state index < -0.39 is 0 Å². The molecule has 0 saturated carbocycles. The fraction of sp³-hybridized carbons (Fsp3) is 0.333. The van der Waals surface area contributed by atoms with Crippen LogP contribution in [0.25, 0.3) is 44.5 Å². The average molecular weight is 1030 g/mol. The molecule has 5 heteroatoms. The second-order valence-corrected chi connectivity index (χ2v) is 28.1. The van der Waals surface area contributed by atoms with Gasteiger partial charge in [0, 0.05) is 41.2 Å². The van der Waals surface area contributed by atoms with Crippen LogP contribution in [-0.2, 0) is 21.7 Å². The summed E-state index contributed by atoms with van der Waals surface area (Å²) in [4.78, 5) is 8.07. The lowest BCUT2D eigenvalue weighted by molar-refractivity contribution is 0.590. The van der Waals surface area contributed by atoms with Crippen LogP contribution in [0.2, 0.25) is 0 Å². The van der Waals surface area contributed by atoms with Crippen LogP contribution in [0, 0.1) is 0 Å². The maximum atomic E-state index is 2.53. The van der Waals surface area contributed by atoms with E-state index in [1.807, 2.05) is 58.4 Å². The molecular weight excluding hydrogens is 953 g/mol. The summed E-state index contributed by atoms with van der Waals surface area (Å²) in [5.74, 6) is -0.00409. The van der Waals surface area contributed by atoms with Crippen molar-refractivity contribution in [2.24, 2.45) is 0 Å². The van der Waals surface area contributed by atoms with E-state index in [9.17, 15) is 0 Å². The van der Waals surface area contributed by atoms with Crippen LogP contribution in [0.5, 0.6) is 0 Å². The van der Waals surface area contributed by atoms with Gasteiger partial charge in [0.15, 0.2) is 0 Å². The predicted octanol–water partition coefficient (Wildman–Crippen LogP) is 20.6. The van der Waals surface area contributed by atoms with Crippen LogP contribution in [0.1, 0.15) is 149 Å². The lowest BCUT2D eigenvalue weighted by Gasteiger charge is -2.20. The molecule has 0 nitrogen and oxygen atoms in total. The fourth-order valence-electron chi connectivity index (χ4n) is 10.6. The Kier molecular flexibility index (Phi) is 14.3. The molecule has 0 saturated heterocycles. The van der Waals surface area contributed by atoms with Crippen molar-refractivity contribution in [3.63, 3.8) is 0 Å². The second kappa shape index (κ2) is 19.6. The molecule has 366 valence electrons. The van der Waals surface area contributed by atoms with Gasteiger partial charge in [-0.3, -0.25) is 0 Å². The molecule has 8 aliphatic rings. The standard InChI is InChI=1S/C66H72S5/c1-63(2,3)39-17-25-43-47(29-21-39)57(67-13)35-51(43)61(52-36-58(68-14)48-30-22-40(64(4,5)6)18-26-44(48)52)55-33-34-56(71-55)62(53-37-59(69-15)49-31-23-41(65(7,8)9)19-27-45(49)53)54-38-60(70-16)50-32-24-42(66(10,11)12)20-28-46(50)54/h17-38,61-62H,1-16H3. The minimum atomic E-state index is -0.00205. The Morgan fingerprint density at radius 2 is 0.479 bits per heavy atom. The third-order valence-electron chi connectivity index (χ3n) is 14.9. The maximum Gasteiger partial charge on any atom is 0.0447 e. The van der Waals surface area contributed by atoms with E-state index in [0.29, 0.717) is 0 Å². The molecule has 0 N–H and O–H groups in total. The van der Waals surface area contributed by atoms with E-state index in [0.717, 1.165) is 0 Å². The first kappa shape index (κ1) is 51.8. The zero-order valence-electron chi connectivity index (χ0n) is 44.9. The molecule has 1 aromatic rings. The smallest absolute Gasteiger partial charge is 0.0447 e. The summed E-state index contributed by atoms with van der Waals surface area (Å²) in [5, 5.41) is 0. The summed E-state index contributed by atoms with van der Waals surface area (Å²) in [6, 6.07) is 53.4. The monoisotopic (exact) mass is 1020 g/mol. The Morgan fingerprint density at radius 1 is 0.282 bits per heavy atom. The molecule has 9 rings (SSSR count). The molecule has 1 aromatic heterocycles. The molecule has 0 aliphatic heterocycles. The van der Waals surface area contributed by atoms with Crippen LogP contribution in [0.3, 0.4) is 0 Å². The number of thioether (sulfide) groups is 4. The van der Waals surface area contributed by atoms with E-state index in [1.165, 1.54) is 118 Å². The molecule has 0 aromatic carbocycles. The van der Waals surface area contributed by atoms with Crippen LogP contribution < -0.4 is 0 Å². The molecule has 1 heterocycles. The van der Waals surface area contributed by atoms with E-state index in [-0.39, 0.29) is 33.5 Å².